The van der Waals surface area contributed by atoms with Crippen molar-refractivity contribution in [2.24, 2.45) is 0 Å². The molecule has 0 radical (unpaired) electrons. The second-order valence-corrected chi connectivity index (χ2v) is 5.75. The summed E-state index contributed by atoms with van der Waals surface area (Å²) in [6.07, 6.45) is -4.49. The summed E-state index contributed by atoms with van der Waals surface area (Å²) in [6, 6.07) is 7.11. The van der Waals surface area contributed by atoms with Crippen LogP contribution in [0.3, 0.4) is 0 Å². The van der Waals surface area contributed by atoms with Gasteiger partial charge >= 0.3 is 6.18 Å². The molecule has 2 amide bonds. The van der Waals surface area contributed by atoms with Gasteiger partial charge in [-0.15, -0.1) is 11.3 Å². The molecule has 0 saturated heterocycles. The molecular formula is C13H10ClF3N2O2S. The molecule has 1 aromatic carbocycles. The minimum atomic E-state index is -4.49. The largest absolute Gasteiger partial charge is 0.405 e. The summed E-state index contributed by atoms with van der Waals surface area (Å²) in [4.78, 5) is 23.4. The highest BCUT2D eigenvalue weighted by molar-refractivity contribution is 7.21. The minimum Gasteiger partial charge on any atom is -0.345 e. The number of halogens is 4. The van der Waals surface area contributed by atoms with E-state index in [4.69, 9.17) is 11.6 Å². The molecule has 0 unspecified atom stereocenters. The van der Waals surface area contributed by atoms with Crippen molar-refractivity contribution < 1.29 is 22.8 Å². The smallest absolute Gasteiger partial charge is 0.345 e. The highest BCUT2D eigenvalue weighted by atomic mass is 35.5. The Labute approximate surface area is 132 Å². The summed E-state index contributed by atoms with van der Waals surface area (Å²) in [5, 5.41) is 4.87. The molecule has 0 fully saturated rings. The van der Waals surface area contributed by atoms with Crippen LogP contribution in [-0.2, 0) is 4.79 Å². The van der Waals surface area contributed by atoms with Crippen LogP contribution in [0.25, 0.3) is 10.1 Å². The lowest BCUT2D eigenvalue weighted by atomic mass is 10.2. The molecule has 0 spiro atoms. The van der Waals surface area contributed by atoms with Crippen molar-refractivity contribution in [2.75, 3.05) is 13.1 Å². The molecule has 0 aliphatic heterocycles. The average Bonchev–Trinajstić information content (AvgIpc) is 2.80. The van der Waals surface area contributed by atoms with Crippen molar-refractivity contribution in [2.45, 2.75) is 6.18 Å². The van der Waals surface area contributed by atoms with Crippen LogP contribution in [0.2, 0.25) is 5.02 Å². The number of alkyl halides is 3. The molecular weight excluding hydrogens is 341 g/mol. The Morgan fingerprint density at radius 2 is 1.86 bits per heavy atom. The zero-order valence-electron chi connectivity index (χ0n) is 11.0. The maximum atomic E-state index is 12.0. The van der Waals surface area contributed by atoms with E-state index < -0.39 is 31.1 Å². The van der Waals surface area contributed by atoms with E-state index in [9.17, 15) is 22.8 Å². The van der Waals surface area contributed by atoms with Gasteiger partial charge in [-0.25, -0.2) is 0 Å². The third-order valence-corrected chi connectivity index (χ3v) is 4.31. The number of carbonyl (C=O) groups is 2. The van der Waals surface area contributed by atoms with Gasteiger partial charge in [0.1, 0.15) is 11.4 Å². The van der Waals surface area contributed by atoms with Crippen LogP contribution in [0.4, 0.5) is 13.2 Å². The highest BCUT2D eigenvalue weighted by Gasteiger charge is 2.27. The van der Waals surface area contributed by atoms with Crippen LogP contribution < -0.4 is 10.6 Å². The number of rotatable bonds is 4. The molecule has 0 aliphatic carbocycles. The van der Waals surface area contributed by atoms with Crippen LogP contribution >= 0.6 is 22.9 Å². The summed E-state index contributed by atoms with van der Waals surface area (Å²) < 4.78 is 36.6. The van der Waals surface area contributed by atoms with Crippen molar-refractivity contribution in [3.05, 3.63) is 34.2 Å². The second kappa shape index (κ2) is 6.53. The minimum absolute atomic E-state index is 0.214. The van der Waals surface area contributed by atoms with Crippen molar-refractivity contribution in [3.8, 4) is 0 Å². The molecule has 9 heteroatoms. The Balaban J connectivity index is 1.97. The molecule has 0 aliphatic rings. The van der Waals surface area contributed by atoms with Crippen LogP contribution in [0.1, 0.15) is 9.67 Å². The molecule has 0 saturated carbocycles. The van der Waals surface area contributed by atoms with Gasteiger partial charge in [0.05, 0.1) is 11.6 Å². The fourth-order valence-electron chi connectivity index (χ4n) is 1.66. The first kappa shape index (κ1) is 16.6. The third-order valence-electron chi connectivity index (χ3n) is 2.64. The third kappa shape index (κ3) is 4.11. The Hall–Kier alpha value is -1.80. The van der Waals surface area contributed by atoms with E-state index in [-0.39, 0.29) is 9.90 Å². The molecule has 2 rings (SSSR count). The van der Waals surface area contributed by atoms with Crippen molar-refractivity contribution in [3.63, 3.8) is 0 Å². The Kier molecular flexibility index (Phi) is 4.92. The number of carbonyl (C=O) groups excluding carboxylic acids is 2. The summed E-state index contributed by atoms with van der Waals surface area (Å²) in [7, 11) is 0. The fraction of sp³-hybridized carbons (Fsp3) is 0.231. The predicted octanol–water partition coefficient (Wildman–Crippen LogP) is 2.96. The number of thiophene rings is 1. The van der Waals surface area contributed by atoms with Gasteiger partial charge in [-0.05, 0) is 6.07 Å². The van der Waals surface area contributed by atoms with Gasteiger partial charge in [-0.3, -0.25) is 9.59 Å². The van der Waals surface area contributed by atoms with Crippen molar-refractivity contribution >= 4 is 44.8 Å². The highest BCUT2D eigenvalue weighted by Crippen LogP contribution is 2.34. The number of fused-ring (bicyclic) bond motifs is 1. The van der Waals surface area contributed by atoms with Crippen LogP contribution in [-0.4, -0.2) is 31.1 Å². The first-order chi connectivity index (χ1) is 10.3. The van der Waals surface area contributed by atoms with Gasteiger partial charge < -0.3 is 10.6 Å². The summed E-state index contributed by atoms with van der Waals surface area (Å²) in [5.41, 5.74) is 0. The summed E-state index contributed by atoms with van der Waals surface area (Å²) in [5.74, 6) is -1.53. The van der Waals surface area contributed by atoms with E-state index in [1.165, 1.54) is 0 Å². The molecule has 0 bridgehead atoms. The fourth-order valence-corrected chi connectivity index (χ4v) is 3.10. The zero-order chi connectivity index (χ0) is 16.3. The number of nitrogens with one attached hydrogen (secondary N) is 2. The van der Waals surface area contributed by atoms with Crippen molar-refractivity contribution in [1.29, 1.82) is 0 Å². The van der Waals surface area contributed by atoms with Crippen LogP contribution in [0, 0.1) is 0 Å². The molecule has 1 aromatic heterocycles. The monoisotopic (exact) mass is 350 g/mol. The van der Waals surface area contributed by atoms with E-state index in [1.807, 2.05) is 0 Å². The maximum absolute atomic E-state index is 12.0. The molecule has 0 atom stereocenters. The Bertz CT molecular complexity index is 715. The zero-order valence-corrected chi connectivity index (χ0v) is 12.5. The molecule has 118 valence electrons. The van der Waals surface area contributed by atoms with Gasteiger partial charge in [0.25, 0.3) is 5.91 Å². The van der Waals surface area contributed by atoms with E-state index in [1.54, 1.807) is 29.6 Å². The molecule has 4 nitrogen and oxygen atoms in total. The lowest BCUT2D eigenvalue weighted by Crippen LogP contribution is -2.40. The maximum Gasteiger partial charge on any atom is 0.405 e. The Morgan fingerprint density at radius 3 is 2.50 bits per heavy atom. The lowest BCUT2D eigenvalue weighted by molar-refractivity contribution is -0.137. The quantitative estimate of drug-likeness (QED) is 0.890. The predicted molar refractivity (Wildman–Crippen MR) is 78.2 cm³/mol. The van der Waals surface area contributed by atoms with E-state index in [2.05, 4.69) is 5.32 Å². The summed E-state index contributed by atoms with van der Waals surface area (Å²) >= 11 is 7.23. The first-order valence-corrected chi connectivity index (χ1v) is 7.26. The molecule has 2 aromatic rings. The number of hydrogen-bond acceptors (Lipinski definition) is 3. The van der Waals surface area contributed by atoms with Gasteiger partial charge in [0.2, 0.25) is 5.91 Å². The molecule has 1 heterocycles. The Morgan fingerprint density at radius 1 is 1.18 bits per heavy atom. The second-order valence-electron chi connectivity index (χ2n) is 4.32. The van der Waals surface area contributed by atoms with Gasteiger partial charge in [-0.1, -0.05) is 29.8 Å². The number of hydrogen-bond donors (Lipinski definition) is 2. The van der Waals surface area contributed by atoms with Crippen LogP contribution in [0.5, 0.6) is 0 Å². The van der Waals surface area contributed by atoms with Gasteiger partial charge in [-0.2, -0.15) is 13.2 Å². The van der Waals surface area contributed by atoms with E-state index in [0.29, 0.717) is 5.39 Å². The molecule has 22 heavy (non-hydrogen) atoms. The van der Waals surface area contributed by atoms with E-state index >= 15 is 0 Å². The topological polar surface area (TPSA) is 58.2 Å². The normalized spacial score (nSPS) is 11.5. The lowest BCUT2D eigenvalue weighted by Gasteiger charge is -2.08. The SMILES string of the molecule is O=C(CNC(=O)c1sc2ccccc2c1Cl)NCC(F)(F)F. The van der Waals surface area contributed by atoms with Crippen molar-refractivity contribution in [1.82, 2.24) is 10.6 Å². The summed E-state index contributed by atoms with van der Waals surface area (Å²) in [6.45, 7) is -2.00. The average molecular weight is 351 g/mol. The number of benzene rings is 1. The van der Waals surface area contributed by atoms with Crippen LogP contribution in [0.15, 0.2) is 24.3 Å². The van der Waals surface area contributed by atoms with E-state index in [0.717, 1.165) is 16.0 Å². The first-order valence-electron chi connectivity index (χ1n) is 6.06. The van der Waals surface area contributed by atoms with Gasteiger partial charge in [0.15, 0.2) is 0 Å². The molecule has 2 N–H and O–H groups in total. The standard InChI is InChI=1S/C13H10ClF3N2O2S/c14-10-7-3-1-2-4-8(7)22-11(10)12(21)18-5-9(20)19-6-13(15,16)17/h1-4H,5-6H2,(H,18,21)(H,19,20). The van der Waals surface area contributed by atoms with Gasteiger partial charge in [0, 0.05) is 10.1 Å². The number of amides is 2.